The van der Waals surface area contributed by atoms with Crippen LogP contribution in [0.3, 0.4) is 0 Å². The van der Waals surface area contributed by atoms with E-state index in [1.54, 1.807) is 0 Å². The number of thiophene rings is 1. The highest BCUT2D eigenvalue weighted by Crippen LogP contribution is 2.09. The summed E-state index contributed by atoms with van der Waals surface area (Å²) in [5.41, 5.74) is 0.751. The third-order valence-electron chi connectivity index (χ3n) is 2.28. The minimum atomic E-state index is 0.0155. The van der Waals surface area contributed by atoms with Crippen molar-refractivity contribution >= 4 is 17.2 Å². The summed E-state index contributed by atoms with van der Waals surface area (Å²) >= 11 is 1.54. The molecule has 76 valence electrons. The minimum Gasteiger partial charge on any atom is -0.379 e. The number of carbonyl (C=O) groups excluding carboxylic acids is 1. The first-order chi connectivity index (χ1) is 6.86. The van der Waals surface area contributed by atoms with E-state index in [-0.39, 0.29) is 11.9 Å². The van der Waals surface area contributed by atoms with E-state index in [1.807, 2.05) is 16.8 Å². The first-order valence-corrected chi connectivity index (χ1v) is 5.71. The monoisotopic (exact) mass is 211 g/mol. The molecule has 0 unspecified atom stereocenters. The number of carbonyl (C=O) groups is 1. The Labute approximate surface area is 87.1 Å². The van der Waals surface area contributed by atoms with Crippen LogP contribution in [0.25, 0.3) is 0 Å². The van der Waals surface area contributed by atoms with E-state index < -0.39 is 0 Å². The molecule has 1 fully saturated rings. The van der Waals surface area contributed by atoms with Gasteiger partial charge in [0, 0.05) is 17.6 Å². The Morgan fingerprint density at radius 1 is 1.64 bits per heavy atom. The van der Waals surface area contributed by atoms with E-state index in [4.69, 9.17) is 4.74 Å². The number of ether oxygens (including phenoxy) is 1. The third-order valence-corrected chi connectivity index (χ3v) is 2.96. The zero-order valence-electron chi connectivity index (χ0n) is 7.86. The summed E-state index contributed by atoms with van der Waals surface area (Å²) in [5, 5.41) is 6.73. The van der Waals surface area contributed by atoms with Crippen LogP contribution in [0.5, 0.6) is 0 Å². The van der Waals surface area contributed by atoms with E-state index in [2.05, 4.69) is 5.32 Å². The largest absolute Gasteiger partial charge is 0.379 e. The van der Waals surface area contributed by atoms with E-state index in [0.717, 1.165) is 25.0 Å². The molecule has 0 aromatic carbocycles. The quantitative estimate of drug-likeness (QED) is 0.808. The smallest absolute Gasteiger partial charge is 0.252 e. The van der Waals surface area contributed by atoms with Gasteiger partial charge in [-0.1, -0.05) is 0 Å². The van der Waals surface area contributed by atoms with Crippen LogP contribution in [-0.4, -0.2) is 25.2 Å². The van der Waals surface area contributed by atoms with Gasteiger partial charge in [0.25, 0.3) is 5.91 Å². The van der Waals surface area contributed by atoms with Crippen LogP contribution in [0.15, 0.2) is 16.8 Å². The number of hydrogen-bond donors (Lipinski definition) is 1. The van der Waals surface area contributed by atoms with Gasteiger partial charge >= 0.3 is 0 Å². The molecule has 1 atom stereocenters. The van der Waals surface area contributed by atoms with Gasteiger partial charge in [-0.2, -0.15) is 11.3 Å². The first kappa shape index (κ1) is 9.68. The topological polar surface area (TPSA) is 38.3 Å². The molecule has 14 heavy (non-hydrogen) atoms. The van der Waals surface area contributed by atoms with E-state index in [0.29, 0.717) is 6.61 Å². The Kier molecular flexibility index (Phi) is 3.16. The fourth-order valence-corrected chi connectivity index (χ4v) is 2.15. The van der Waals surface area contributed by atoms with Gasteiger partial charge < -0.3 is 10.1 Å². The molecule has 3 nitrogen and oxygen atoms in total. The van der Waals surface area contributed by atoms with Crippen molar-refractivity contribution in [3.8, 4) is 0 Å². The molecule has 0 spiro atoms. The predicted octanol–water partition coefficient (Wildman–Crippen LogP) is 1.66. The second-order valence-electron chi connectivity index (χ2n) is 3.40. The van der Waals surface area contributed by atoms with Crippen LogP contribution >= 0.6 is 11.3 Å². The third kappa shape index (κ3) is 2.33. The van der Waals surface area contributed by atoms with Crippen molar-refractivity contribution in [1.29, 1.82) is 0 Å². The lowest BCUT2D eigenvalue weighted by molar-refractivity contribution is 0.0624. The number of nitrogens with one attached hydrogen (secondary N) is 1. The van der Waals surface area contributed by atoms with Gasteiger partial charge in [0.2, 0.25) is 0 Å². The van der Waals surface area contributed by atoms with Crippen molar-refractivity contribution in [2.75, 3.05) is 13.2 Å². The standard InChI is InChI=1S/C10H13NO2S/c12-10(8-3-5-14-7-8)11-9-2-1-4-13-6-9/h3,5,7,9H,1-2,4,6H2,(H,11,12)/t9-/m0/s1. The van der Waals surface area contributed by atoms with E-state index >= 15 is 0 Å². The Morgan fingerprint density at radius 3 is 3.21 bits per heavy atom. The van der Waals surface area contributed by atoms with Gasteiger partial charge in [-0.15, -0.1) is 0 Å². The fourth-order valence-electron chi connectivity index (χ4n) is 1.52. The maximum absolute atomic E-state index is 11.6. The normalized spacial score (nSPS) is 21.9. The molecule has 1 aromatic heterocycles. The fraction of sp³-hybridized carbons (Fsp3) is 0.500. The highest BCUT2D eigenvalue weighted by atomic mass is 32.1. The molecule has 0 radical (unpaired) electrons. The molecule has 1 saturated heterocycles. The summed E-state index contributed by atoms with van der Waals surface area (Å²) in [6, 6.07) is 2.03. The van der Waals surface area contributed by atoms with Gasteiger partial charge in [-0.3, -0.25) is 4.79 Å². The number of hydrogen-bond acceptors (Lipinski definition) is 3. The van der Waals surface area contributed by atoms with Crippen LogP contribution in [0.4, 0.5) is 0 Å². The maximum atomic E-state index is 11.6. The second-order valence-corrected chi connectivity index (χ2v) is 4.18. The summed E-state index contributed by atoms with van der Waals surface area (Å²) in [6.07, 6.45) is 2.06. The average Bonchev–Trinajstić information content (AvgIpc) is 2.72. The molecule has 1 aliphatic heterocycles. The van der Waals surface area contributed by atoms with E-state index in [1.165, 1.54) is 11.3 Å². The van der Waals surface area contributed by atoms with Gasteiger partial charge in [0.15, 0.2) is 0 Å². The zero-order valence-corrected chi connectivity index (χ0v) is 8.68. The molecule has 1 amide bonds. The maximum Gasteiger partial charge on any atom is 0.252 e. The van der Waals surface area contributed by atoms with Gasteiger partial charge in [0.1, 0.15) is 0 Å². The highest BCUT2D eigenvalue weighted by molar-refractivity contribution is 7.08. The van der Waals surface area contributed by atoms with Crippen LogP contribution in [0, 0.1) is 0 Å². The molecule has 0 saturated carbocycles. The molecule has 0 aliphatic carbocycles. The lowest BCUT2D eigenvalue weighted by atomic mass is 10.1. The lowest BCUT2D eigenvalue weighted by Crippen LogP contribution is -2.40. The Bertz CT molecular complexity index is 291. The Morgan fingerprint density at radius 2 is 2.57 bits per heavy atom. The van der Waals surface area contributed by atoms with Gasteiger partial charge in [0.05, 0.1) is 12.6 Å². The van der Waals surface area contributed by atoms with Crippen LogP contribution in [0.2, 0.25) is 0 Å². The van der Waals surface area contributed by atoms with Gasteiger partial charge in [-0.25, -0.2) is 0 Å². The van der Waals surface area contributed by atoms with Crippen molar-refractivity contribution in [2.45, 2.75) is 18.9 Å². The summed E-state index contributed by atoms with van der Waals surface area (Å²) in [6.45, 7) is 1.47. The molecule has 1 aliphatic rings. The molecule has 0 bridgehead atoms. The summed E-state index contributed by atoms with van der Waals surface area (Å²) in [5.74, 6) is 0.0155. The number of amides is 1. The molecular weight excluding hydrogens is 198 g/mol. The van der Waals surface area contributed by atoms with Crippen molar-refractivity contribution < 1.29 is 9.53 Å². The van der Waals surface area contributed by atoms with Crippen molar-refractivity contribution in [3.63, 3.8) is 0 Å². The molecule has 2 rings (SSSR count). The predicted molar refractivity (Wildman–Crippen MR) is 55.6 cm³/mol. The molecular formula is C10H13NO2S. The Hall–Kier alpha value is -0.870. The van der Waals surface area contributed by atoms with Crippen LogP contribution < -0.4 is 5.32 Å². The molecule has 1 aromatic rings. The molecule has 4 heteroatoms. The highest BCUT2D eigenvalue weighted by Gasteiger charge is 2.16. The molecule has 1 N–H and O–H groups in total. The summed E-state index contributed by atoms with van der Waals surface area (Å²) < 4.78 is 5.29. The second kappa shape index (κ2) is 4.57. The van der Waals surface area contributed by atoms with Gasteiger partial charge in [-0.05, 0) is 24.3 Å². The average molecular weight is 211 g/mol. The van der Waals surface area contributed by atoms with Crippen LogP contribution in [0.1, 0.15) is 23.2 Å². The number of rotatable bonds is 2. The van der Waals surface area contributed by atoms with Crippen molar-refractivity contribution in [2.24, 2.45) is 0 Å². The first-order valence-electron chi connectivity index (χ1n) is 4.77. The summed E-state index contributed by atoms with van der Waals surface area (Å²) in [7, 11) is 0. The lowest BCUT2D eigenvalue weighted by Gasteiger charge is -2.22. The molecule has 2 heterocycles. The van der Waals surface area contributed by atoms with Crippen LogP contribution in [-0.2, 0) is 4.74 Å². The van der Waals surface area contributed by atoms with Crippen molar-refractivity contribution in [3.05, 3.63) is 22.4 Å². The SMILES string of the molecule is O=C(N[C@H]1CCCOC1)c1ccsc1. The minimum absolute atomic E-state index is 0.0155. The summed E-state index contributed by atoms with van der Waals surface area (Å²) in [4.78, 5) is 11.6. The van der Waals surface area contributed by atoms with Crippen molar-refractivity contribution in [1.82, 2.24) is 5.32 Å². The van der Waals surface area contributed by atoms with E-state index in [9.17, 15) is 4.79 Å². The zero-order chi connectivity index (χ0) is 9.80. The Balaban J connectivity index is 1.87.